The Morgan fingerprint density at radius 2 is 2.35 bits per heavy atom. The highest BCUT2D eigenvalue weighted by Crippen LogP contribution is 2.05. The molecule has 17 heavy (non-hydrogen) atoms. The molecule has 0 aliphatic carbocycles. The van der Waals surface area contributed by atoms with Crippen LogP contribution < -0.4 is 10.1 Å². The van der Waals surface area contributed by atoms with E-state index >= 15 is 0 Å². The quantitative estimate of drug-likeness (QED) is 0.754. The molecule has 0 saturated carbocycles. The van der Waals surface area contributed by atoms with E-state index in [1.807, 2.05) is 31.4 Å². The Bertz CT molecular complexity index is 441. The van der Waals surface area contributed by atoms with Crippen LogP contribution >= 0.6 is 0 Å². The highest BCUT2D eigenvalue weighted by molar-refractivity contribution is 5.11. The monoisotopic (exact) mass is 232 g/mol. The molecule has 0 aliphatic heterocycles. The van der Waals surface area contributed by atoms with Gasteiger partial charge in [-0.1, -0.05) is 6.07 Å². The molecule has 90 valence electrons. The number of aryl methyl sites for hydroxylation is 1. The zero-order valence-electron chi connectivity index (χ0n) is 9.84. The number of pyridine rings is 1. The summed E-state index contributed by atoms with van der Waals surface area (Å²) in [6, 6.07) is 5.89. The first-order valence-corrected chi connectivity index (χ1v) is 5.56. The molecule has 0 saturated heterocycles. The summed E-state index contributed by atoms with van der Waals surface area (Å²) in [4.78, 5) is 4.22. The molecule has 2 heterocycles. The van der Waals surface area contributed by atoms with Crippen molar-refractivity contribution in [3.05, 3.63) is 42.5 Å². The van der Waals surface area contributed by atoms with Crippen LogP contribution in [0.25, 0.3) is 0 Å². The Hall–Kier alpha value is -1.88. The highest BCUT2D eigenvalue weighted by atomic mass is 16.5. The van der Waals surface area contributed by atoms with E-state index in [1.54, 1.807) is 17.1 Å². The van der Waals surface area contributed by atoms with Crippen LogP contribution in [0.1, 0.15) is 5.69 Å². The van der Waals surface area contributed by atoms with Crippen molar-refractivity contribution in [2.45, 2.75) is 6.54 Å². The van der Waals surface area contributed by atoms with Crippen LogP contribution in [0.15, 0.2) is 36.8 Å². The largest absolute Gasteiger partial charge is 0.489 e. The lowest BCUT2D eigenvalue weighted by atomic mass is 10.3. The van der Waals surface area contributed by atoms with Gasteiger partial charge < -0.3 is 10.1 Å². The zero-order chi connectivity index (χ0) is 11.9. The predicted molar refractivity (Wildman–Crippen MR) is 64.6 cm³/mol. The summed E-state index contributed by atoms with van der Waals surface area (Å²) in [5, 5.41) is 7.29. The molecule has 2 aromatic rings. The normalized spacial score (nSPS) is 10.4. The van der Waals surface area contributed by atoms with Gasteiger partial charge in [0.05, 0.1) is 18.1 Å². The Morgan fingerprint density at radius 1 is 1.41 bits per heavy atom. The third-order valence-electron chi connectivity index (χ3n) is 2.26. The molecule has 2 rings (SSSR count). The maximum Gasteiger partial charge on any atom is 0.157 e. The second-order valence-electron chi connectivity index (χ2n) is 3.70. The van der Waals surface area contributed by atoms with Gasteiger partial charge >= 0.3 is 0 Å². The molecule has 0 aromatic carbocycles. The fraction of sp³-hybridized carbons (Fsp3) is 0.333. The van der Waals surface area contributed by atoms with E-state index in [9.17, 15) is 0 Å². The highest BCUT2D eigenvalue weighted by Gasteiger charge is 1.96. The molecule has 0 radical (unpaired) electrons. The number of aromatic nitrogens is 3. The van der Waals surface area contributed by atoms with Crippen LogP contribution in [-0.2, 0) is 13.6 Å². The number of rotatable bonds is 6. The molecule has 2 aromatic heterocycles. The minimum Gasteiger partial charge on any atom is -0.489 e. The molecule has 0 bridgehead atoms. The molecule has 0 amide bonds. The van der Waals surface area contributed by atoms with Crippen molar-refractivity contribution in [1.82, 2.24) is 20.1 Å². The predicted octanol–water partition coefficient (Wildman–Crippen LogP) is 0.984. The summed E-state index contributed by atoms with van der Waals surface area (Å²) in [7, 11) is 1.87. The first-order chi connectivity index (χ1) is 8.34. The van der Waals surface area contributed by atoms with Crippen molar-refractivity contribution in [3.8, 4) is 5.75 Å². The minimum atomic E-state index is 0.624. The fourth-order valence-corrected chi connectivity index (χ4v) is 1.43. The van der Waals surface area contributed by atoms with E-state index in [4.69, 9.17) is 4.74 Å². The Balaban J connectivity index is 1.61. The Labute approximate surface area is 100 Å². The van der Waals surface area contributed by atoms with Crippen LogP contribution in [-0.4, -0.2) is 27.9 Å². The maximum absolute atomic E-state index is 5.50. The fourth-order valence-electron chi connectivity index (χ4n) is 1.43. The molecule has 0 fully saturated rings. The second kappa shape index (κ2) is 6.00. The van der Waals surface area contributed by atoms with Crippen molar-refractivity contribution < 1.29 is 4.74 Å². The summed E-state index contributed by atoms with van der Waals surface area (Å²) in [6.45, 7) is 2.17. The summed E-state index contributed by atoms with van der Waals surface area (Å²) in [5.74, 6) is 0.798. The van der Waals surface area contributed by atoms with E-state index in [-0.39, 0.29) is 0 Å². The lowest BCUT2D eigenvalue weighted by Gasteiger charge is -2.05. The van der Waals surface area contributed by atoms with Crippen molar-refractivity contribution in [3.63, 3.8) is 0 Å². The summed E-state index contributed by atoms with van der Waals surface area (Å²) in [6.07, 6.45) is 5.35. The average Bonchev–Trinajstić information content (AvgIpc) is 2.76. The van der Waals surface area contributed by atoms with Gasteiger partial charge in [-0.3, -0.25) is 9.67 Å². The van der Waals surface area contributed by atoms with Gasteiger partial charge in [0, 0.05) is 26.3 Å². The molecular formula is C12H16N4O. The summed E-state index contributed by atoms with van der Waals surface area (Å²) in [5.41, 5.74) is 1.04. The van der Waals surface area contributed by atoms with Gasteiger partial charge in [-0.05, 0) is 12.1 Å². The van der Waals surface area contributed by atoms with E-state index in [0.29, 0.717) is 6.61 Å². The van der Waals surface area contributed by atoms with Crippen molar-refractivity contribution in [2.24, 2.45) is 7.05 Å². The topological polar surface area (TPSA) is 52.0 Å². The lowest BCUT2D eigenvalue weighted by molar-refractivity contribution is 0.313. The number of hydrogen-bond donors (Lipinski definition) is 1. The van der Waals surface area contributed by atoms with E-state index in [1.165, 1.54) is 0 Å². The van der Waals surface area contributed by atoms with Gasteiger partial charge in [-0.2, -0.15) is 5.10 Å². The standard InChI is InChI=1S/C12H16N4O/c1-16-10-12(9-15-16)17-7-6-13-8-11-4-2-3-5-14-11/h2-5,9-10,13H,6-8H2,1H3. The van der Waals surface area contributed by atoms with E-state index < -0.39 is 0 Å². The summed E-state index contributed by atoms with van der Waals surface area (Å²) < 4.78 is 7.22. The Kier molecular flexibility index (Phi) is 4.10. The number of hydrogen-bond acceptors (Lipinski definition) is 4. The third kappa shape index (κ3) is 3.88. The van der Waals surface area contributed by atoms with Crippen LogP contribution in [0.2, 0.25) is 0 Å². The van der Waals surface area contributed by atoms with Gasteiger partial charge in [0.25, 0.3) is 0 Å². The van der Waals surface area contributed by atoms with Crippen LogP contribution in [0.5, 0.6) is 5.75 Å². The molecule has 0 atom stereocenters. The average molecular weight is 232 g/mol. The number of ether oxygens (including phenoxy) is 1. The van der Waals surface area contributed by atoms with Crippen LogP contribution in [0, 0.1) is 0 Å². The molecule has 0 aliphatic rings. The molecule has 5 nitrogen and oxygen atoms in total. The molecule has 0 unspecified atom stereocenters. The minimum absolute atomic E-state index is 0.624. The first-order valence-electron chi connectivity index (χ1n) is 5.56. The number of nitrogens with zero attached hydrogens (tertiary/aromatic N) is 3. The van der Waals surface area contributed by atoms with Crippen molar-refractivity contribution in [2.75, 3.05) is 13.2 Å². The smallest absolute Gasteiger partial charge is 0.157 e. The second-order valence-corrected chi connectivity index (χ2v) is 3.70. The van der Waals surface area contributed by atoms with Gasteiger partial charge in [-0.25, -0.2) is 0 Å². The molecule has 5 heteroatoms. The molecule has 1 N–H and O–H groups in total. The van der Waals surface area contributed by atoms with E-state index in [0.717, 1.165) is 24.5 Å². The van der Waals surface area contributed by atoms with Crippen molar-refractivity contribution >= 4 is 0 Å². The van der Waals surface area contributed by atoms with Gasteiger partial charge in [0.15, 0.2) is 5.75 Å². The maximum atomic E-state index is 5.50. The SMILES string of the molecule is Cn1cc(OCCNCc2ccccn2)cn1. The third-order valence-corrected chi connectivity index (χ3v) is 2.26. The van der Waals surface area contributed by atoms with Crippen molar-refractivity contribution in [1.29, 1.82) is 0 Å². The first kappa shape index (κ1) is 11.6. The van der Waals surface area contributed by atoms with Gasteiger partial charge in [-0.15, -0.1) is 0 Å². The zero-order valence-corrected chi connectivity index (χ0v) is 9.84. The van der Waals surface area contributed by atoms with E-state index in [2.05, 4.69) is 15.4 Å². The van der Waals surface area contributed by atoms with Gasteiger partial charge in [0.2, 0.25) is 0 Å². The van der Waals surface area contributed by atoms with Crippen LogP contribution in [0.4, 0.5) is 0 Å². The lowest BCUT2D eigenvalue weighted by Crippen LogP contribution is -2.20. The van der Waals surface area contributed by atoms with Gasteiger partial charge in [0.1, 0.15) is 6.61 Å². The van der Waals surface area contributed by atoms with Crippen LogP contribution in [0.3, 0.4) is 0 Å². The summed E-state index contributed by atoms with van der Waals surface area (Å²) >= 11 is 0. The Morgan fingerprint density at radius 3 is 3.06 bits per heavy atom. The number of nitrogens with one attached hydrogen (secondary N) is 1. The molecular weight excluding hydrogens is 216 g/mol. The molecule has 0 spiro atoms.